The summed E-state index contributed by atoms with van der Waals surface area (Å²) in [6.07, 6.45) is 1.42. The fourth-order valence-corrected chi connectivity index (χ4v) is 3.21. The highest BCUT2D eigenvalue weighted by molar-refractivity contribution is 7.19. The first kappa shape index (κ1) is 13.8. The zero-order chi connectivity index (χ0) is 15.6. The van der Waals surface area contributed by atoms with E-state index in [1.54, 1.807) is 6.20 Å². The van der Waals surface area contributed by atoms with Gasteiger partial charge in [-0.3, -0.25) is 4.98 Å². The molecule has 3 aromatic rings. The molecule has 1 aromatic carbocycles. The molecule has 0 saturated heterocycles. The molecule has 3 N–H and O–H groups in total. The number of aromatic nitrogens is 2. The van der Waals surface area contributed by atoms with Crippen LogP contribution < -0.4 is 20.5 Å². The topological polar surface area (TPSA) is 82.3 Å². The van der Waals surface area contributed by atoms with Gasteiger partial charge in [0, 0.05) is 6.20 Å². The van der Waals surface area contributed by atoms with E-state index < -0.39 is 0 Å². The van der Waals surface area contributed by atoms with E-state index >= 15 is 0 Å². The van der Waals surface area contributed by atoms with Crippen molar-refractivity contribution in [1.82, 2.24) is 9.97 Å². The Hall–Kier alpha value is -2.80. The number of nitrogens with zero attached hydrogens (tertiary/aromatic N) is 2. The van der Waals surface area contributed by atoms with E-state index in [1.165, 1.54) is 11.3 Å². The number of benzene rings is 1. The summed E-state index contributed by atoms with van der Waals surface area (Å²) < 4.78 is 11.5. The highest BCUT2D eigenvalue weighted by Crippen LogP contribution is 2.35. The summed E-state index contributed by atoms with van der Waals surface area (Å²) in [6, 6.07) is 13.3. The second kappa shape index (κ2) is 5.77. The van der Waals surface area contributed by atoms with Gasteiger partial charge in [0.05, 0.1) is 10.6 Å². The predicted molar refractivity (Wildman–Crippen MR) is 89.7 cm³/mol. The summed E-state index contributed by atoms with van der Waals surface area (Å²) in [5, 5.41) is 3.88. The van der Waals surface area contributed by atoms with Gasteiger partial charge in [-0.15, -0.1) is 0 Å². The first-order valence-electron chi connectivity index (χ1n) is 7.12. The van der Waals surface area contributed by atoms with E-state index in [4.69, 9.17) is 15.2 Å². The van der Waals surface area contributed by atoms with Crippen LogP contribution in [0.3, 0.4) is 0 Å². The molecule has 116 valence electrons. The number of fused-ring (bicyclic) bond motifs is 1. The second-order valence-electron chi connectivity index (χ2n) is 4.96. The van der Waals surface area contributed by atoms with Gasteiger partial charge in [0.2, 0.25) is 6.23 Å². The van der Waals surface area contributed by atoms with E-state index in [0.717, 1.165) is 16.3 Å². The van der Waals surface area contributed by atoms with Crippen molar-refractivity contribution in [2.75, 3.05) is 17.7 Å². The van der Waals surface area contributed by atoms with Crippen molar-refractivity contribution in [3.8, 4) is 22.1 Å². The molecule has 0 saturated carbocycles. The maximum Gasteiger partial charge on any atom is 0.206 e. The van der Waals surface area contributed by atoms with Crippen molar-refractivity contribution in [3.63, 3.8) is 0 Å². The lowest BCUT2D eigenvalue weighted by molar-refractivity contribution is 0.110. The quantitative estimate of drug-likeness (QED) is 0.770. The van der Waals surface area contributed by atoms with Crippen LogP contribution in [0.4, 0.5) is 10.9 Å². The number of nitrogen functional groups attached to an aromatic ring is 1. The summed E-state index contributed by atoms with van der Waals surface area (Å²) in [6.45, 7) is 0.398. The Labute approximate surface area is 136 Å². The zero-order valence-electron chi connectivity index (χ0n) is 12.1. The third kappa shape index (κ3) is 2.78. The third-order valence-corrected chi connectivity index (χ3v) is 4.37. The van der Waals surface area contributed by atoms with E-state index in [2.05, 4.69) is 15.3 Å². The minimum atomic E-state index is -0.313. The van der Waals surface area contributed by atoms with Crippen molar-refractivity contribution >= 4 is 22.3 Å². The van der Waals surface area contributed by atoms with Gasteiger partial charge in [-0.25, -0.2) is 4.98 Å². The second-order valence-corrected chi connectivity index (χ2v) is 5.96. The number of para-hydroxylation sites is 2. The van der Waals surface area contributed by atoms with E-state index in [0.29, 0.717) is 23.3 Å². The Morgan fingerprint density at radius 2 is 1.96 bits per heavy atom. The Morgan fingerprint density at radius 3 is 2.78 bits per heavy atom. The van der Waals surface area contributed by atoms with Crippen molar-refractivity contribution in [2.24, 2.45) is 0 Å². The van der Waals surface area contributed by atoms with E-state index in [1.807, 2.05) is 42.5 Å². The third-order valence-electron chi connectivity index (χ3n) is 3.34. The van der Waals surface area contributed by atoms with Crippen LogP contribution in [0.1, 0.15) is 0 Å². The average Bonchev–Trinajstić information content (AvgIpc) is 2.96. The van der Waals surface area contributed by atoms with E-state index in [-0.39, 0.29) is 6.23 Å². The lowest BCUT2D eigenvalue weighted by Gasteiger charge is -2.26. The van der Waals surface area contributed by atoms with E-state index in [9.17, 15) is 0 Å². The van der Waals surface area contributed by atoms with Crippen LogP contribution in [0.25, 0.3) is 10.6 Å². The fourth-order valence-electron chi connectivity index (χ4n) is 2.30. The van der Waals surface area contributed by atoms with Gasteiger partial charge in [0.15, 0.2) is 16.6 Å². The van der Waals surface area contributed by atoms with Gasteiger partial charge in [-0.1, -0.05) is 29.5 Å². The molecule has 1 atom stereocenters. The number of anilines is 2. The molecule has 4 rings (SSSR count). The molecular weight excluding hydrogens is 312 g/mol. The monoisotopic (exact) mass is 326 g/mol. The Morgan fingerprint density at radius 1 is 1.13 bits per heavy atom. The van der Waals surface area contributed by atoms with Crippen LogP contribution in [0.15, 0.2) is 48.7 Å². The first-order valence-corrected chi connectivity index (χ1v) is 7.94. The number of thiazole rings is 1. The maximum atomic E-state index is 6.00. The zero-order valence-corrected chi connectivity index (χ0v) is 12.9. The minimum absolute atomic E-state index is 0.313. The molecule has 2 aromatic heterocycles. The summed E-state index contributed by atoms with van der Waals surface area (Å²) in [4.78, 5) is 9.49. The highest BCUT2D eigenvalue weighted by atomic mass is 32.1. The van der Waals surface area contributed by atoms with Crippen molar-refractivity contribution in [2.45, 2.75) is 6.23 Å². The number of rotatable bonds is 3. The van der Waals surface area contributed by atoms with Crippen LogP contribution in [0, 0.1) is 0 Å². The Kier molecular flexibility index (Phi) is 3.47. The van der Waals surface area contributed by atoms with Crippen LogP contribution >= 0.6 is 11.3 Å². The molecule has 1 unspecified atom stereocenters. The molecule has 0 fully saturated rings. The summed E-state index contributed by atoms with van der Waals surface area (Å²) in [7, 11) is 0. The van der Waals surface area contributed by atoms with Crippen molar-refractivity contribution in [3.05, 3.63) is 48.7 Å². The first-order chi connectivity index (χ1) is 11.3. The number of nitrogens with two attached hydrogens (primary N) is 1. The summed E-state index contributed by atoms with van der Waals surface area (Å²) in [5.41, 5.74) is 6.81. The molecule has 0 bridgehead atoms. The molecule has 3 heterocycles. The fraction of sp³-hybridized carbons (Fsp3) is 0.125. The minimum Gasteiger partial charge on any atom is -0.484 e. The average molecular weight is 326 g/mol. The molecule has 0 aliphatic carbocycles. The standard InChI is InChI=1S/C16H14N4O2S/c17-15-14(10-5-3-4-8-18-10)23-16(20-15)19-13-9-21-11-6-1-2-7-12(11)22-13/h1-8,13H,9,17H2,(H,19,20). The molecule has 23 heavy (non-hydrogen) atoms. The Balaban J connectivity index is 1.52. The predicted octanol–water partition coefficient (Wildman–Crippen LogP) is 3.00. The lowest BCUT2D eigenvalue weighted by atomic mass is 10.3. The van der Waals surface area contributed by atoms with Gasteiger partial charge in [-0.2, -0.15) is 0 Å². The van der Waals surface area contributed by atoms with Crippen molar-refractivity contribution < 1.29 is 9.47 Å². The van der Waals surface area contributed by atoms with Gasteiger partial charge in [-0.05, 0) is 24.3 Å². The molecular formula is C16H14N4O2S. The largest absolute Gasteiger partial charge is 0.484 e. The number of ether oxygens (including phenoxy) is 2. The molecule has 7 heteroatoms. The van der Waals surface area contributed by atoms with Gasteiger partial charge in [0.1, 0.15) is 12.4 Å². The number of hydrogen-bond acceptors (Lipinski definition) is 7. The lowest BCUT2D eigenvalue weighted by Crippen LogP contribution is -2.35. The summed E-state index contributed by atoms with van der Waals surface area (Å²) in [5.74, 6) is 1.91. The van der Waals surface area contributed by atoms with Gasteiger partial charge < -0.3 is 20.5 Å². The normalized spacial score (nSPS) is 16.1. The molecule has 1 aliphatic heterocycles. The molecule has 6 nitrogen and oxygen atoms in total. The number of hydrogen-bond donors (Lipinski definition) is 2. The van der Waals surface area contributed by atoms with Crippen LogP contribution in [-0.2, 0) is 0 Å². The highest BCUT2D eigenvalue weighted by Gasteiger charge is 2.22. The maximum absolute atomic E-state index is 6.00. The van der Waals surface area contributed by atoms with Crippen molar-refractivity contribution in [1.29, 1.82) is 0 Å². The summed E-state index contributed by atoms with van der Waals surface area (Å²) >= 11 is 1.44. The molecule has 1 aliphatic rings. The molecule has 0 spiro atoms. The van der Waals surface area contributed by atoms with Crippen LogP contribution in [-0.4, -0.2) is 22.8 Å². The molecule has 0 radical (unpaired) electrons. The smallest absolute Gasteiger partial charge is 0.206 e. The SMILES string of the molecule is Nc1nc(NC2COc3ccccc3O2)sc1-c1ccccn1. The number of nitrogens with one attached hydrogen (secondary N) is 1. The van der Waals surface area contributed by atoms with Crippen LogP contribution in [0.2, 0.25) is 0 Å². The number of pyridine rings is 1. The Bertz CT molecular complexity index is 822. The van der Waals surface area contributed by atoms with Gasteiger partial charge in [0.25, 0.3) is 0 Å². The van der Waals surface area contributed by atoms with Crippen LogP contribution in [0.5, 0.6) is 11.5 Å². The van der Waals surface area contributed by atoms with Gasteiger partial charge >= 0.3 is 0 Å². The molecule has 0 amide bonds.